The molecule has 130 valence electrons. The fourth-order valence-electron chi connectivity index (χ4n) is 2.32. The van der Waals surface area contributed by atoms with E-state index in [1.807, 2.05) is 18.2 Å². The summed E-state index contributed by atoms with van der Waals surface area (Å²) in [4.78, 5) is 4.38. The third kappa shape index (κ3) is 6.45. The number of nitrogens with one attached hydrogen (secondary N) is 1. The number of benzene rings is 1. The number of nitrogens with two attached hydrogens (primary N) is 1. The van der Waals surface area contributed by atoms with Crippen LogP contribution < -0.4 is 20.5 Å². The molecule has 0 radical (unpaired) electrons. The van der Waals surface area contributed by atoms with Gasteiger partial charge in [0.2, 0.25) is 0 Å². The Balaban J connectivity index is 0.00000264. The first-order chi connectivity index (χ1) is 10.7. The molecule has 1 aliphatic rings. The van der Waals surface area contributed by atoms with E-state index in [1.54, 1.807) is 7.11 Å². The van der Waals surface area contributed by atoms with Crippen LogP contribution in [0.15, 0.2) is 23.2 Å². The molecule has 0 aliphatic heterocycles. The average molecular weight is 433 g/mol. The first-order valence-corrected chi connectivity index (χ1v) is 8.06. The first kappa shape index (κ1) is 19.9. The van der Waals surface area contributed by atoms with Gasteiger partial charge in [0.1, 0.15) is 0 Å². The van der Waals surface area contributed by atoms with Gasteiger partial charge in [0, 0.05) is 6.54 Å². The second-order valence-corrected chi connectivity index (χ2v) is 5.71. The van der Waals surface area contributed by atoms with E-state index in [4.69, 9.17) is 15.2 Å². The number of guanidine groups is 1. The quantitative estimate of drug-likeness (QED) is 0.375. The van der Waals surface area contributed by atoms with Gasteiger partial charge in [-0.1, -0.05) is 19.4 Å². The van der Waals surface area contributed by atoms with Gasteiger partial charge in [-0.15, -0.1) is 24.0 Å². The van der Waals surface area contributed by atoms with Crippen molar-refractivity contribution >= 4 is 29.9 Å². The highest BCUT2D eigenvalue weighted by Gasteiger charge is 2.16. The Kier molecular flexibility index (Phi) is 9.13. The molecule has 23 heavy (non-hydrogen) atoms. The molecular formula is C17H28IN3O2. The molecule has 1 aliphatic carbocycles. The van der Waals surface area contributed by atoms with Crippen molar-refractivity contribution in [2.75, 3.05) is 20.3 Å². The predicted molar refractivity (Wildman–Crippen MR) is 105 cm³/mol. The van der Waals surface area contributed by atoms with Crippen molar-refractivity contribution in [3.8, 4) is 11.5 Å². The second-order valence-electron chi connectivity index (χ2n) is 5.71. The van der Waals surface area contributed by atoms with Crippen molar-refractivity contribution < 1.29 is 9.47 Å². The molecule has 1 aromatic carbocycles. The van der Waals surface area contributed by atoms with Crippen molar-refractivity contribution in [2.45, 2.75) is 39.2 Å². The number of methoxy groups -OCH3 is 1. The minimum absolute atomic E-state index is 0. The molecule has 1 aromatic rings. The minimum atomic E-state index is 0. The summed E-state index contributed by atoms with van der Waals surface area (Å²) in [5.74, 6) is 2.79. The Morgan fingerprint density at radius 3 is 2.74 bits per heavy atom. The summed E-state index contributed by atoms with van der Waals surface area (Å²) < 4.78 is 11.0. The minimum Gasteiger partial charge on any atom is -0.493 e. The van der Waals surface area contributed by atoms with Crippen molar-refractivity contribution in [3.05, 3.63) is 23.8 Å². The van der Waals surface area contributed by atoms with Crippen molar-refractivity contribution in [1.29, 1.82) is 0 Å². The zero-order chi connectivity index (χ0) is 15.8. The van der Waals surface area contributed by atoms with Gasteiger partial charge in [-0.05, 0) is 42.9 Å². The third-order valence-electron chi connectivity index (χ3n) is 3.92. The van der Waals surface area contributed by atoms with Gasteiger partial charge < -0.3 is 20.5 Å². The van der Waals surface area contributed by atoms with Crippen LogP contribution in [0.25, 0.3) is 0 Å². The van der Waals surface area contributed by atoms with E-state index < -0.39 is 0 Å². The fraction of sp³-hybridized carbons (Fsp3) is 0.588. The van der Waals surface area contributed by atoms with E-state index in [0.29, 0.717) is 19.1 Å². The number of hydrogen-bond acceptors (Lipinski definition) is 3. The first-order valence-electron chi connectivity index (χ1n) is 8.06. The molecule has 0 saturated heterocycles. The fourth-order valence-corrected chi connectivity index (χ4v) is 2.32. The summed E-state index contributed by atoms with van der Waals surface area (Å²) in [6.45, 7) is 4.23. The molecule has 0 atom stereocenters. The monoisotopic (exact) mass is 433 g/mol. The number of hydrogen-bond donors (Lipinski definition) is 2. The molecule has 0 amide bonds. The molecular weight excluding hydrogens is 405 g/mol. The van der Waals surface area contributed by atoms with Gasteiger partial charge in [-0.25, -0.2) is 4.99 Å². The smallest absolute Gasteiger partial charge is 0.188 e. The van der Waals surface area contributed by atoms with E-state index in [2.05, 4.69) is 17.2 Å². The molecule has 0 bridgehead atoms. The molecule has 0 spiro atoms. The molecule has 0 heterocycles. The molecule has 0 aromatic heterocycles. The summed E-state index contributed by atoms with van der Waals surface area (Å²) >= 11 is 0. The van der Waals surface area contributed by atoms with Crippen molar-refractivity contribution in [2.24, 2.45) is 16.6 Å². The van der Waals surface area contributed by atoms with Gasteiger partial charge in [0.05, 0.1) is 20.3 Å². The topological polar surface area (TPSA) is 68.9 Å². The second kappa shape index (κ2) is 10.6. The highest BCUT2D eigenvalue weighted by molar-refractivity contribution is 14.0. The van der Waals surface area contributed by atoms with Crippen LogP contribution in [-0.4, -0.2) is 26.2 Å². The normalized spacial score (nSPS) is 14.6. The Bertz CT molecular complexity index is 505. The maximum absolute atomic E-state index is 5.90. The van der Waals surface area contributed by atoms with Gasteiger partial charge in [0.25, 0.3) is 0 Å². The largest absolute Gasteiger partial charge is 0.493 e. The summed E-state index contributed by atoms with van der Waals surface area (Å²) in [6, 6.07) is 5.88. The lowest BCUT2D eigenvalue weighted by Gasteiger charge is -2.25. The van der Waals surface area contributed by atoms with Crippen LogP contribution in [0.3, 0.4) is 0 Å². The Morgan fingerprint density at radius 1 is 1.35 bits per heavy atom. The predicted octanol–water partition coefficient (Wildman–Crippen LogP) is 3.31. The maximum Gasteiger partial charge on any atom is 0.188 e. The number of aliphatic imine (C=N–C) groups is 1. The van der Waals surface area contributed by atoms with Gasteiger partial charge in [-0.2, -0.15) is 0 Å². The van der Waals surface area contributed by atoms with Gasteiger partial charge >= 0.3 is 0 Å². The Hall–Kier alpha value is -1.18. The standard InChI is InChI=1S/C17H27N3O2.HI/c1-3-9-22-15-8-7-14(10-16(15)21-2)12-20-17(18)19-11-13-5-4-6-13;/h7-8,10,13H,3-6,9,11-12H2,1-2H3,(H3,18,19,20);1H. The molecule has 5 nitrogen and oxygen atoms in total. The molecule has 2 rings (SSSR count). The Morgan fingerprint density at radius 2 is 2.13 bits per heavy atom. The lowest BCUT2D eigenvalue weighted by Crippen LogP contribution is -2.37. The number of nitrogens with zero attached hydrogens (tertiary/aromatic N) is 1. The van der Waals surface area contributed by atoms with E-state index >= 15 is 0 Å². The number of rotatable bonds is 8. The Labute approximate surface area is 156 Å². The van der Waals surface area contributed by atoms with Crippen molar-refractivity contribution in [3.63, 3.8) is 0 Å². The van der Waals surface area contributed by atoms with Crippen LogP contribution in [0.1, 0.15) is 38.2 Å². The van der Waals surface area contributed by atoms with E-state index in [9.17, 15) is 0 Å². The summed E-state index contributed by atoms with van der Waals surface area (Å²) in [5, 5.41) is 3.19. The SMILES string of the molecule is CCCOc1ccc(CN=C(N)NCC2CCC2)cc1OC.I. The number of halogens is 1. The highest BCUT2D eigenvalue weighted by atomic mass is 127. The van der Waals surface area contributed by atoms with Crippen LogP contribution in [-0.2, 0) is 6.54 Å². The van der Waals surface area contributed by atoms with E-state index in [0.717, 1.165) is 35.9 Å². The summed E-state index contributed by atoms with van der Waals surface area (Å²) in [7, 11) is 1.65. The highest BCUT2D eigenvalue weighted by Crippen LogP contribution is 2.28. The van der Waals surface area contributed by atoms with Crippen molar-refractivity contribution in [1.82, 2.24) is 5.32 Å². The van der Waals surface area contributed by atoms with Gasteiger partial charge in [-0.3, -0.25) is 0 Å². The van der Waals surface area contributed by atoms with Crippen LogP contribution in [0, 0.1) is 5.92 Å². The maximum atomic E-state index is 5.90. The van der Waals surface area contributed by atoms with Crippen LogP contribution in [0.2, 0.25) is 0 Å². The molecule has 6 heteroatoms. The molecule has 1 saturated carbocycles. The van der Waals surface area contributed by atoms with Crippen LogP contribution >= 0.6 is 24.0 Å². The summed E-state index contributed by atoms with van der Waals surface area (Å²) in [5.41, 5.74) is 6.95. The molecule has 3 N–H and O–H groups in total. The van der Waals surface area contributed by atoms with Gasteiger partial charge in [0.15, 0.2) is 17.5 Å². The number of ether oxygens (including phenoxy) is 2. The van der Waals surface area contributed by atoms with E-state index in [-0.39, 0.29) is 24.0 Å². The molecule has 1 fully saturated rings. The zero-order valence-electron chi connectivity index (χ0n) is 14.0. The lowest BCUT2D eigenvalue weighted by molar-refractivity contribution is 0.294. The van der Waals surface area contributed by atoms with Crippen LogP contribution in [0.5, 0.6) is 11.5 Å². The average Bonchev–Trinajstić information content (AvgIpc) is 2.49. The summed E-state index contributed by atoms with van der Waals surface area (Å²) in [6.07, 6.45) is 4.92. The van der Waals surface area contributed by atoms with Crippen LogP contribution in [0.4, 0.5) is 0 Å². The lowest BCUT2D eigenvalue weighted by atomic mass is 9.85. The zero-order valence-corrected chi connectivity index (χ0v) is 16.3. The molecule has 0 unspecified atom stereocenters. The third-order valence-corrected chi connectivity index (χ3v) is 3.92. The van der Waals surface area contributed by atoms with E-state index in [1.165, 1.54) is 19.3 Å².